The molecule has 2 amide bonds. The normalized spacial score (nSPS) is 15.8. The van der Waals surface area contributed by atoms with Crippen molar-refractivity contribution in [3.8, 4) is 11.4 Å². The summed E-state index contributed by atoms with van der Waals surface area (Å²) in [6.07, 6.45) is -0.655. The summed E-state index contributed by atoms with van der Waals surface area (Å²) in [5.41, 5.74) is 3.33. The third-order valence-corrected chi connectivity index (χ3v) is 8.41. The Balaban J connectivity index is 0.00000114. The van der Waals surface area contributed by atoms with Crippen molar-refractivity contribution in [2.45, 2.75) is 126 Å². The molecule has 294 valence electrons. The first-order valence-corrected chi connectivity index (χ1v) is 19.8. The highest BCUT2D eigenvalue weighted by Gasteiger charge is 2.37. The van der Waals surface area contributed by atoms with Gasteiger partial charge in [0.15, 0.2) is 6.10 Å². The van der Waals surface area contributed by atoms with Gasteiger partial charge in [-0.25, -0.2) is 23.8 Å². The molecule has 15 heteroatoms. The average molecular weight is 779 g/mol. The number of carbonyl (C=O) groups excluding carboxylic acids is 3. The van der Waals surface area contributed by atoms with Crippen molar-refractivity contribution >= 4 is 52.4 Å². The molecule has 0 fully saturated rings. The number of aliphatic hydroxyl groups is 1. The number of esters is 1. The summed E-state index contributed by atoms with van der Waals surface area (Å²) in [6, 6.07) is 2.43. The first-order chi connectivity index (χ1) is 25.3. The molecule has 3 aliphatic rings. The fourth-order valence-electron chi connectivity index (χ4n) is 6.33. The number of nitrogens with zero attached hydrogens (tertiary/aromatic N) is 2. The Morgan fingerprint density at radius 3 is 2.34 bits per heavy atom. The second-order valence-electron chi connectivity index (χ2n) is 12.6. The molecular formula is C38H55FN4O8S2. The quantitative estimate of drug-likeness (QED) is 0.0433. The van der Waals surface area contributed by atoms with Crippen LogP contribution in [0.25, 0.3) is 22.3 Å². The van der Waals surface area contributed by atoms with Crippen LogP contribution in [0, 0.1) is 12.7 Å². The Bertz CT molecular complexity index is 1830. The Hall–Kier alpha value is -3.82. The molecule has 0 saturated carbocycles. The third kappa shape index (κ3) is 10.2. The van der Waals surface area contributed by atoms with E-state index in [0.717, 1.165) is 16.5 Å². The number of hydrogen-bond donors (Lipinski definition) is 5. The number of unbranched alkanes of at least 4 members (excludes halogenated alkanes) is 1. The molecule has 0 radical (unpaired) electrons. The summed E-state index contributed by atoms with van der Waals surface area (Å²) in [7, 11) is 0. The number of alkyl carbamates (subject to hydrolysis) is 2. The van der Waals surface area contributed by atoms with Crippen molar-refractivity contribution in [1.82, 2.24) is 20.2 Å². The van der Waals surface area contributed by atoms with Gasteiger partial charge in [0.25, 0.3) is 5.56 Å². The van der Waals surface area contributed by atoms with Crippen LogP contribution in [0.2, 0.25) is 0 Å². The molecule has 1 aliphatic carbocycles. The maximum absolute atomic E-state index is 15.0. The number of aryl methyl sites for hydroxylation is 1. The molecule has 3 N–H and O–H groups in total. The maximum Gasteiger partial charge on any atom is 0.407 e. The largest absolute Gasteiger partial charge is 0.458 e. The average Bonchev–Trinajstić information content (AvgIpc) is 3.52. The number of fused-ring (bicyclic) bond motifs is 5. The molecule has 4 heterocycles. The lowest BCUT2D eigenvalue weighted by atomic mass is 9.82. The van der Waals surface area contributed by atoms with Gasteiger partial charge in [0.05, 0.1) is 41.7 Å². The van der Waals surface area contributed by atoms with Gasteiger partial charge >= 0.3 is 18.2 Å². The zero-order valence-electron chi connectivity index (χ0n) is 32.4. The number of ether oxygens (including phenoxy) is 3. The maximum atomic E-state index is 15.0. The third-order valence-electron chi connectivity index (χ3n) is 8.41. The number of aliphatic hydroxyl groups excluding tert-OH is 1. The number of nitrogens with one attached hydrogen (secondary N) is 2. The lowest BCUT2D eigenvalue weighted by Gasteiger charge is -2.29. The number of amides is 2. The standard InChI is InChI=1S/C32H35FN4O8.3C2H6.H2S2/c1-15-16-7-8-21(36-31(42)43-10-6-5-9-34-30(41)45-32(2,3)4)25-18-13-37-23(26(18)35-22(24(16)25)12-20(15)33)11-17-19(28(37)39)14-44-29(40)27(17)38;4*1-2/h11-12,21,27,38H,5-10,13-14H2,1-4H3,(H,34,41)(H,36,42);3*1-2H3;1-2H/t21-,27?;;;;/m0..../s1. The summed E-state index contributed by atoms with van der Waals surface area (Å²) in [5.74, 6) is -1.24. The molecule has 53 heavy (non-hydrogen) atoms. The van der Waals surface area contributed by atoms with Crippen LogP contribution in [0.1, 0.15) is 127 Å². The van der Waals surface area contributed by atoms with E-state index in [1.165, 1.54) is 10.6 Å². The fourth-order valence-corrected chi connectivity index (χ4v) is 6.33. The number of rotatable bonds is 6. The van der Waals surface area contributed by atoms with Gasteiger partial charge in [-0.3, -0.25) is 4.79 Å². The van der Waals surface area contributed by atoms with Crippen LogP contribution in [-0.4, -0.2) is 51.6 Å². The molecule has 6 rings (SSSR count). The minimum Gasteiger partial charge on any atom is -0.458 e. The zero-order chi connectivity index (χ0) is 40.2. The lowest BCUT2D eigenvalue weighted by molar-refractivity contribution is -0.157. The molecule has 1 unspecified atom stereocenters. The molecule has 0 bridgehead atoms. The van der Waals surface area contributed by atoms with E-state index in [2.05, 4.69) is 34.0 Å². The molecule has 1 aromatic carbocycles. The van der Waals surface area contributed by atoms with E-state index in [1.807, 2.05) is 41.5 Å². The van der Waals surface area contributed by atoms with Crippen LogP contribution in [0.3, 0.4) is 0 Å². The van der Waals surface area contributed by atoms with Crippen LogP contribution >= 0.6 is 23.3 Å². The summed E-state index contributed by atoms with van der Waals surface area (Å²) in [6.45, 7) is 19.5. The highest BCUT2D eigenvalue weighted by molar-refractivity contribution is 8.59. The Morgan fingerprint density at radius 1 is 1.04 bits per heavy atom. The second-order valence-corrected chi connectivity index (χ2v) is 12.6. The number of halogens is 1. The van der Waals surface area contributed by atoms with Crippen LogP contribution in [0.15, 0.2) is 16.9 Å². The zero-order valence-corrected chi connectivity index (χ0v) is 34.2. The molecule has 0 saturated heterocycles. The number of aromatic nitrogens is 2. The first-order valence-electron chi connectivity index (χ1n) is 18.2. The van der Waals surface area contributed by atoms with Gasteiger partial charge in [-0.1, -0.05) is 41.5 Å². The molecular weight excluding hydrogens is 724 g/mol. The smallest absolute Gasteiger partial charge is 0.407 e. The second kappa shape index (κ2) is 20.6. The van der Waals surface area contributed by atoms with Crippen molar-refractivity contribution in [2.75, 3.05) is 13.2 Å². The van der Waals surface area contributed by atoms with Gasteiger partial charge in [0, 0.05) is 29.1 Å². The van der Waals surface area contributed by atoms with Crippen LogP contribution in [0.5, 0.6) is 0 Å². The number of cyclic esters (lactones) is 1. The number of benzene rings is 1. The summed E-state index contributed by atoms with van der Waals surface area (Å²) < 4.78 is 32.2. The van der Waals surface area contributed by atoms with Crippen molar-refractivity contribution in [1.29, 1.82) is 0 Å². The molecule has 12 nitrogen and oxygen atoms in total. The monoisotopic (exact) mass is 778 g/mol. The molecule has 2 aromatic heterocycles. The lowest BCUT2D eigenvalue weighted by Crippen LogP contribution is -2.33. The van der Waals surface area contributed by atoms with Gasteiger partial charge in [-0.05, 0) is 76.1 Å². The van der Waals surface area contributed by atoms with Gasteiger partial charge < -0.3 is 34.5 Å². The van der Waals surface area contributed by atoms with E-state index in [0.29, 0.717) is 60.3 Å². The van der Waals surface area contributed by atoms with E-state index >= 15 is 4.39 Å². The van der Waals surface area contributed by atoms with Crippen molar-refractivity contribution in [3.05, 3.63) is 61.7 Å². The molecule has 0 spiro atoms. The van der Waals surface area contributed by atoms with Crippen LogP contribution in [0.4, 0.5) is 14.0 Å². The van der Waals surface area contributed by atoms with E-state index in [-0.39, 0.29) is 30.9 Å². The van der Waals surface area contributed by atoms with Crippen LogP contribution in [-0.2, 0) is 38.6 Å². The van der Waals surface area contributed by atoms with Crippen LogP contribution < -0.4 is 16.2 Å². The van der Waals surface area contributed by atoms with Gasteiger partial charge in [-0.2, -0.15) is 0 Å². The number of carbonyl (C=O) groups is 3. The Morgan fingerprint density at radius 2 is 1.70 bits per heavy atom. The molecule has 2 aliphatic heterocycles. The van der Waals surface area contributed by atoms with Crippen molar-refractivity contribution < 1.29 is 38.1 Å². The predicted octanol–water partition coefficient (Wildman–Crippen LogP) is 7.82. The molecule has 2 atom stereocenters. The van der Waals surface area contributed by atoms with Gasteiger partial charge in [-0.15, -0.1) is 23.3 Å². The van der Waals surface area contributed by atoms with Crippen molar-refractivity contribution in [2.24, 2.45) is 0 Å². The first kappa shape index (κ1) is 45.3. The van der Waals surface area contributed by atoms with E-state index in [1.54, 1.807) is 33.8 Å². The highest BCUT2D eigenvalue weighted by atomic mass is 33.1. The fraction of sp³-hybridized carbons (Fsp3) is 0.553. The number of pyridine rings is 2. The van der Waals surface area contributed by atoms with Gasteiger partial charge in [0.1, 0.15) is 18.0 Å². The van der Waals surface area contributed by atoms with E-state index in [9.17, 15) is 24.3 Å². The minimum absolute atomic E-state index is 0.134. The van der Waals surface area contributed by atoms with E-state index in [4.69, 9.17) is 19.2 Å². The SMILES string of the molecule is CC.CC.CC.Cc1c(F)cc2nc3c(c4c2c1CC[C@@H]4NC(=O)OCCCCNC(=O)OC(C)(C)C)Cn1c-3cc2c(c1=O)COC(=O)C2O.SS. The number of hydrogen-bond acceptors (Lipinski definition) is 11. The summed E-state index contributed by atoms with van der Waals surface area (Å²) >= 11 is 6.44. The minimum atomic E-state index is -1.60. The predicted molar refractivity (Wildman–Crippen MR) is 211 cm³/mol. The number of thiol groups is 2. The highest BCUT2D eigenvalue weighted by Crippen LogP contribution is 2.45. The van der Waals surface area contributed by atoms with Crippen molar-refractivity contribution in [3.63, 3.8) is 0 Å². The van der Waals surface area contributed by atoms with E-state index < -0.39 is 47.3 Å². The summed E-state index contributed by atoms with van der Waals surface area (Å²) in [4.78, 5) is 55.1. The Kier molecular flexibility index (Phi) is 17.6. The topological polar surface area (TPSA) is 158 Å². The van der Waals surface area contributed by atoms with Gasteiger partial charge in [0.2, 0.25) is 0 Å². The Labute approximate surface area is 321 Å². The molecule has 3 aromatic rings. The summed E-state index contributed by atoms with van der Waals surface area (Å²) in [5, 5.41) is 16.8.